The predicted octanol–water partition coefficient (Wildman–Crippen LogP) is 3.41. The van der Waals surface area contributed by atoms with Crippen molar-refractivity contribution in [2.24, 2.45) is 0 Å². The van der Waals surface area contributed by atoms with E-state index in [4.69, 9.17) is 16.7 Å². The molecule has 0 aliphatic heterocycles. The molecule has 0 aliphatic carbocycles. The van der Waals surface area contributed by atoms with E-state index in [1.807, 2.05) is 18.2 Å². The summed E-state index contributed by atoms with van der Waals surface area (Å²) in [6.07, 6.45) is 1.02. The molecule has 0 atom stereocenters. The summed E-state index contributed by atoms with van der Waals surface area (Å²) in [5, 5.41) is 11.0. The van der Waals surface area contributed by atoms with Gasteiger partial charge in [-0.05, 0) is 37.1 Å². The van der Waals surface area contributed by atoms with E-state index in [0.717, 1.165) is 29.7 Å². The Morgan fingerprint density at radius 3 is 2.74 bits per heavy atom. The molecule has 0 spiro atoms. The van der Waals surface area contributed by atoms with E-state index < -0.39 is 0 Å². The molecule has 3 nitrogen and oxygen atoms in total. The highest BCUT2D eigenvalue weighted by Crippen LogP contribution is 2.25. The van der Waals surface area contributed by atoms with Gasteiger partial charge < -0.3 is 10.0 Å². The molecule has 0 saturated carbocycles. The molecule has 19 heavy (non-hydrogen) atoms. The van der Waals surface area contributed by atoms with Crippen LogP contribution in [0.2, 0.25) is 5.02 Å². The van der Waals surface area contributed by atoms with Crippen molar-refractivity contribution in [1.29, 1.82) is 0 Å². The molecule has 0 saturated heterocycles. The molecule has 2 aromatic rings. The SMILES string of the molecule is CCCN(CCO)c1cc(C)c2ccc(Cl)cc2n1. The van der Waals surface area contributed by atoms with E-state index >= 15 is 0 Å². The van der Waals surface area contributed by atoms with Gasteiger partial charge in [-0.25, -0.2) is 4.98 Å². The molecule has 1 heterocycles. The average Bonchev–Trinajstić information content (AvgIpc) is 2.37. The molecule has 0 bridgehead atoms. The number of aromatic nitrogens is 1. The van der Waals surface area contributed by atoms with Gasteiger partial charge in [0, 0.05) is 23.5 Å². The first-order chi connectivity index (χ1) is 9.15. The van der Waals surface area contributed by atoms with Crippen LogP contribution in [0.15, 0.2) is 24.3 Å². The minimum atomic E-state index is 0.133. The highest BCUT2D eigenvalue weighted by molar-refractivity contribution is 6.31. The summed E-state index contributed by atoms with van der Waals surface area (Å²) in [6, 6.07) is 7.84. The van der Waals surface area contributed by atoms with Gasteiger partial charge in [0.05, 0.1) is 12.1 Å². The molecule has 1 aromatic heterocycles. The van der Waals surface area contributed by atoms with Crippen molar-refractivity contribution in [3.63, 3.8) is 0 Å². The molecule has 1 N–H and O–H groups in total. The number of fused-ring (bicyclic) bond motifs is 1. The van der Waals surface area contributed by atoms with E-state index in [1.165, 1.54) is 5.56 Å². The van der Waals surface area contributed by atoms with Crippen LogP contribution in [0.1, 0.15) is 18.9 Å². The zero-order chi connectivity index (χ0) is 13.8. The maximum atomic E-state index is 9.16. The molecule has 102 valence electrons. The molecule has 0 radical (unpaired) electrons. The molecular formula is C15H19ClN2O. The number of benzene rings is 1. The third-order valence-corrected chi connectivity index (χ3v) is 3.39. The Morgan fingerprint density at radius 2 is 2.05 bits per heavy atom. The monoisotopic (exact) mass is 278 g/mol. The first-order valence-electron chi connectivity index (χ1n) is 6.58. The second kappa shape index (κ2) is 6.22. The van der Waals surface area contributed by atoms with Crippen LogP contribution in [-0.4, -0.2) is 29.8 Å². The van der Waals surface area contributed by atoms with Crippen molar-refractivity contribution in [3.05, 3.63) is 34.9 Å². The van der Waals surface area contributed by atoms with Gasteiger partial charge in [-0.1, -0.05) is 24.6 Å². The van der Waals surface area contributed by atoms with Crippen molar-refractivity contribution < 1.29 is 5.11 Å². The fourth-order valence-electron chi connectivity index (χ4n) is 2.25. The summed E-state index contributed by atoms with van der Waals surface area (Å²) in [5.74, 6) is 0.906. The smallest absolute Gasteiger partial charge is 0.129 e. The second-order valence-electron chi connectivity index (χ2n) is 4.67. The summed E-state index contributed by atoms with van der Waals surface area (Å²) in [4.78, 5) is 6.77. The Bertz CT molecular complexity index is 565. The first-order valence-corrected chi connectivity index (χ1v) is 6.96. The van der Waals surface area contributed by atoms with Crippen LogP contribution in [0.4, 0.5) is 5.82 Å². The third kappa shape index (κ3) is 3.17. The van der Waals surface area contributed by atoms with Crippen LogP contribution in [0.5, 0.6) is 0 Å². The van der Waals surface area contributed by atoms with E-state index in [0.29, 0.717) is 11.6 Å². The van der Waals surface area contributed by atoms with Crippen LogP contribution >= 0.6 is 11.6 Å². The summed E-state index contributed by atoms with van der Waals surface area (Å²) in [5.41, 5.74) is 2.08. The topological polar surface area (TPSA) is 36.4 Å². The van der Waals surface area contributed by atoms with Crippen molar-refractivity contribution in [2.45, 2.75) is 20.3 Å². The average molecular weight is 279 g/mol. The Kier molecular flexibility index (Phi) is 4.61. The van der Waals surface area contributed by atoms with Crippen LogP contribution < -0.4 is 4.90 Å². The largest absolute Gasteiger partial charge is 0.395 e. The minimum absolute atomic E-state index is 0.133. The number of rotatable bonds is 5. The lowest BCUT2D eigenvalue weighted by molar-refractivity contribution is 0.301. The van der Waals surface area contributed by atoms with Gasteiger partial charge in [0.25, 0.3) is 0 Å². The normalized spacial score (nSPS) is 10.9. The number of aliphatic hydroxyl groups is 1. The van der Waals surface area contributed by atoms with Gasteiger partial charge in [-0.15, -0.1) is 0 Å². The quantitative estimate of drug-likeness (QED) is 0.911. The van der Waals surface area contributed by atoms with Crippen molar-refractivity contribution in [2.75, 3.05) is 24.6 Å². The van der Waals surface area contributed by atoms with Crippen LogP contribution in [0.25, 0.3) is 10.9 Å². The zero-order valence-corrected chi connectivity index (χ0v) is 12.1. The van der Waals surface area contributed by atoms with Crippen LogP contribution in [-0.2, 0) is 0 Å². The van der Waals surface area contributed by atoms with Gasteiger partial charge >= 0.3 is 0 Å². The van der Waals surface area contributed by atoms with E-state index in [9.17, 15) is 0 Å². The number of halogens is 1. The fourth-order valence-corrected chi connectivity index (χ4v) is 2.42. The molecule has 0 amide bonds. The molecule has 2 rings (SSSR count). The Balaban J connectivity index is 2.48. The Morgan fingerprint density at radius 1 is 1.26 bits per heavy atom. The van der Waals surface area contributed by atoms with E-state index in [-0.39, 0.29) is 6.61 Å². The summed E-state index contributed by atoms with van der Waals surface area (Å²) in [6.45, 7) is 5.82. The van der Waals surface area contributed by atoms with Crippen molar-refractivity contribution in [1.82, 2.24) is 4.98 Å². The second-order valence-corrected chi connectivity index (χ2v) is 5.11. The summed E-state index contributed by atoms with van der Waals surface area (Å²) < 4.78 is 0. The van der Waals surface area contributed by atoms with Crippen molar-refractivity contribution in [3.8, 4) is 0 Å². The Labute approximate surface area is 118 Å². The molecule has 0 unspecified atom stereocenters. The Hall–Kier alpha value is -1.32. The molecule has 4 heteroatoms. The highest BCUT2D eigenvalue weighted by Gasteiger charge is 2.09. The molecule has 0 aliphatic rings. The number of hydrogen-bond acceptors (Lipinski definition) is 3. The van der Waals surface area contributed by atoms with E-state index in [1.54, 1.807) is 0 Å². The maximum absolute atomic E-state index is 9.16. The van der Waals surface area contributed by atoms with Crippen LogP contribution in [0, 0.1) is 6.92 Å². The first kappa shape index (κ1) is 14.1. The molecular weight excluding hydrogens is 260 g/mol. The number of aliphatic hydroxyl groups excluding tert-OH is 1. The number of pyridine rings is 1. The lowest BCUT2D eigenvalue weighted by Crippen LogP contribution is -2.28. The molecule has 0 fully saturated rings. The third-order valence-electron chi connectivity index (χ3n) is 3.15. The summed E-state index contributed by atoms with van der Waals surface area (Å²) >= 11 is 6.03. The maximum Gasteiger partial charge on any atom is 0.129 e. The zero-order valence-electron chi connectivity index (χ0n) is 11.4. The van der Waals surface area contributed by atoms with Gasteiger partial charge in [0.1, 0.15) is 5.82 Å². The standard InChI is InChI=1S/C15H19ClN2O/c1-3-6-18(7-8-19)15-9-11(2)13-5-4-12(16)10-14(13)17-15/h4-5,9-10,19H,3,6-8H2,1-2H3. The number of nitrogens with zero attached hydrogens (tertiary/aromatic N) is 2. The lowest BCUT2D eigenvalue weighted by atomic mass is 10.1. The molecule has 1 aromatic carbocycles. The summed E-state index contributed by atoms with van der Waals surface area (Å²) in [7, 11) is 0. The van der Waals surface area contributed by atoms with Gasteiger partial charge in [-0.3, -0.25) is 0 Å². The number of aryl methyl sites for hydroxylation is 1. The predicted molar refractivity (Wildman–Crippen MR) is 81.1 cm³/mol. The van der Waals surface area contributed by atoms with Gasteiger partial charge in [-0.2, -0.15) is 0 Å². The minimum Gasteiger partial charge on any atom is -0.395 e. The van der Waals surface area contributed by atoms with E-state index in [2.05, 4.69) is 29.8 Å². The van der Waals surface area contributed by atoms with Gasteiger partial charge in [0.15, 0.2) is 0 Å². The van der Waals surface area contributed by atoms with Crippen molar-refractivity contribution >= 4 is 28.3 Å². The van der Waals surface area contributed by atoms with Crippen LogP contribution in [0.3, 0.4) is 0 Å². The number of hydrogen-bond donors (Lipinski definition) is 1. The highest BCUT2D eigenvalue weighted by atomic mass is 35.5. The fraction of sp³-hybridized carbons (Fsp3) is 0.400. The van der Waals surface area contributed by atoms with Gasteiger partial charge in [0.2, 0.25) is 0 Å². The number of anilines is 1. The lowest BCUT2D eigenvalue weighted by Gasteiger charge is -2.23.